The van der Waals surface area contributed by atoms with E-state index in [1.54, 1.807) is 9.80 Å². The molecule has 3 fully saturated rings. The molecular weight excluding hydrogens is 659 g/mol. The first kappa shape index (κ1) is 33.7. The lowest BCUT2D eigenvalue weighted by Crippen LogP contribution is -2.53. The molecule has 0 bridgehead atoms. The van der Waals surface area contributed by atoms with Crippen LogP contribution in [0.1, 0.15) is 61.6 Å². The second-order valence-corrected chi connectivity index (χ2v) is 14.1. The number of amides is 4. The van der Waals surface area contributed by atoms with Gasteiger partial charge in [0, 0.05) is 50.2 Å². The molecule has 4 amide bonds. The lowest BCUT2D eigenvalue weighted by Gasteiger charge is -2.41. The van der Waals surface area contributed by atoms with Crippen LogP contribution >= 0.6 is 22.9 Å². The minimum atomic E-state index is -4.88. The third kappa shape index (κ3) is 7.59. The van der Waals surface area contributed by atoms with Gasteiger partial charge >= 0.3 is 18.3 Å². The van der Waals surface area contributed by atoms with Crippen LogP contribution in [0.15, 0.2) is 23.6 Å². The fourth-order valence-corrected chi connectivity index (χ4v) is 8.21. The van der Waals surface area contributed by atoms with Crippen molar-refractivity contribution in [3.8, 4) is 5.75 Å². The van der Waals surface area contributed by atoms with E-state index in [0.717, 1.165) is 61.5 Å². The summed E-state index contributed by atoms with van der Waals surface area (Å²) in [6, 6.07) is 3.97. The third-order valence-corrected chi connectivity index (χ3v) is 10.9. The lowest BCUT2D eigenvalue weighted by atomic mass is 9.98. The van der Waals surface area contributed by atoms with Gasteiger partial charge in [0.15, 0.2) is 6.10 Å². The summed E-state index contributed by atoms with van der Waals surface area (Å²) in [6.07, 6.45) is -1.27. The highest BCUT2D eigenvalue weighted by molar-refractivity contribution is 7.14. The molecule has 256 valence electrons. The normalized spacial score (nSPS) is 20.9. The number of thiophene rings is 1. The van der Waals surface area contributed by atoms with Gasteiger partial charge in [-0.1, -0.05) is 18.0 Å². The number of carbonyl (C=O) groups excluding carboxylic acids is 3. The van der Waals surface area contributed by atoms with Gasteiger partial charge < -0.3 is 29.4 Å². The first-order valence-corrected chi connectivity index (χ1v) is 17.4. The Morgan fingerprint density at radius 1 is 1.00 bits per heavy atom. The third-order valence-electron chi connectivity index (χ3n) is 9.78. The number of anilines is 1. The van der Waals surface area contributed by atoms with E-state index in [-0.39, 0.29) is 37.1 Å². The molecular formula is C32H39ClF3N5O5S. The van der Waals surface area contributed by atoms with Crippen LogP contribution in [-0.2, 0) is 28.7 Å². The number of phenolic OH excluding ortho intramolecular Hbond substituents is 1. The van der Waals surface area contributed by atoms with Gasteiger partial charge in [-0.3, -0.25) is 10.1 Å². The molecule has 0 saturated carbocycles. The first-order valence-electron chi connectivity index (χ1n) is 16.2. The molecule has 15 heteroatoms. The van der Waals surface area contributed by atoms with Crippen LogP contribution in [0.25, 0.3) is 0 Å². The molecule has 0 radical (unpaired) electrons. The van der Waals surface area contributed by atoms with Crippen LogP contribution in [0.4, 0.5) is 27.8 Å². The molecule has 10 nitrogen and oxygen atoms in total. The van der Waals surface area contributed by atoms with Gasteiger partial charge in [-0.15, -0.1) is 11.3 Å². The summed E-state index contributed by atoms with van der Waals surface area (Å²) in [5.74, 6) is -1.57. The molecule has 0 spiro atoms. The van der Waals surface area contributed by atoms with E-state index in [9.17, 15) is 32.7 Å². The van der Waals surface area contributed by atoms with Gasteiger partial charge in [-0.25, -0.2) is 9.59 Å². The number of benzene rings is 1. The van der Waals surface area contributed by atoms with Crippen molar-refractivity contribution >= 4 is 46.0 Å². The highest BCUT2D eigenvalue weighted by Gasteiger charge is 2.39. The topological polar surface area (TPSA) is 106 Å². The molecule has 2 aromatic rings. The summed E-state index contributed by atoms with van der Waals surface area (Å²) >= 11 is 7.44. The maximum absolute atomic E-state index is 13.9. The predicted molar refractivity (Wildman–Crippen MR) is 171 cm³/mol. The Labute approximate surface area is 280 Å². The number of nitrogens with zero attached hydrogens (tertiary/aromatic N) is 4. The molecule has 1 aromatic carbocycles. The van der Waals surface area contributed by atoms with E-state index in [0.29, 0.717) is 38.5 Å². The van der Waals surface area contributed by atoms with Crippen LogP contribution < -0.4 is 5.32 Å². The van der Waals surface area contributed by atoms with Gasteiger partial charge in [-0.05, 0) is 80.8 Å². The number of hydrogen-bond acceptors (Lipinski definition) is 7. The lowest BCUT2D eigenvalue weighted by molar-refractivity contribution is -0.142. The second-order valence-electron chi connectivity index (χ2n) is 12.8. The molecule has 0 aliphatic carbocycles. The van der Waals surface area contributed by atoms with Crippen LogP contribution in [0.5, 0.6) is 5.75 Å². The van der Waals surface area contributed by atoms with Crippen LogP contribution in [0, 0.1) is 0 Å². The SMILES string of the molecule is O=C(O[C@H](Cc1cc(Cl)c(O)c(C(F)(F)F)c1)C(=O)N1CCC(N2CCCCC2)CC1)N1CCC(N2Cc3ccsc3NC2=O)CC1. The number of halogens is 4. The number of piperidine rings is 3. The summed E-state index contributed by atoms with van der Waals surface area (Å²) in [5.41, 5.74) is -0.267. The van der Waals surface area contributed by atoms with Crippen LogP contribution in [-0.4, -0.2) is 100 Å². The second kappa shape index (κ2) is 14.1. The Kier molecular flexibility index (Phi) is 10.1. The van der Waals surface area contributed by atoms with Gasteiger partial charge in [-0.2, -0.15) is 13.2 Å². The van der Waals surface area contributed by atoms with E-state index >= 15 is 0 Å². The molecule has 0 unspecified atom stereocenters. The molecule has 47 heavy (non-hydrogen) atoms. The molecule has 1 atom stereocenters. The monoisotopic (exact) mass is 697 g/mol. The van der Waals surface area contributed by atoms with E-state index in [2.05, 4.69) is 10.2 Å². The fraction of sp³-hybridized carbons (Fsp3) is 0.594. The van der Waals surface area contributed by atoms with Crippen molar-refractivity contribution in [1.82, 2.24) is 19.6 Å². The fourth-order valence-electron chi connectivity index (χ4n) is 7.17. The minimum Gasteiger partial charge on any atom is -0.506 e. The molecule has 3 saturated heterocycles. The standard InChI is InChI=1S/C32H39ClF3N5O5S/c33-25-17-20(16-24(27(25)42)32(34,35)36)18-26(29(43)39-11-4-22(5-12-39)38-9-2-1-3-10-38)46-31(45)40-13-6-23(7-14-40)41-19-21-8-15-47-28(21)37-30(41)44/h8,15-17,22-23,26,42H,1-7,9-14,18-19H2,(H,37,44)/t26-/m1/s1. The number of ether oxygens (including phenoxy) is 1. The van der Waals surface area contributed by atoms with Crippen molar-refractivity contribution in [2.24, 2.45) is 0 Å². The largest absolute Gasteiger partial charge is 0.506 e. The summed E-state index contributed by atoms with van der Waals surface area (Å²) in [4.78, 5) is 47.4. The van der Waals surface area contributed by atoms with Crippen molar-refractivity contribution in [2.75, 3.05) is 44.6 Å². The minimum absolute atomic E-state index is 0.0112. The number of alkyl halides is 3. The number of nitrogens with one attached hydrogen (secondary N) is 1. The number of urea groups is 1. The zero-order valence-electron chi connectivity index (χ0n) is 25.9. The average molecular weight is 698 g/mol. The Morgan fingerprint density at radius 2 is 1.66 bits per heavy atom. The van der Waals surface area contributed by atoms with E-state index < -0.39 is 40.6 Å². The van der Waals surface area contributed by atoms with Crippen molar-refractivity contribution in [3.05, 3.63) is 45.3 Å². The number of carbonyl (C=O) groups is 3. The van der Waals surface area contributed by atoms with E-state index in [4.69, 9.17) is 16.3 Å². The number of hydrogen-bond donors (Lipinski definition) is 2. The summed E-state index contributed by atoms with van der Waals surface area (Å²) in [7, 11) is 0. The number of phenols is 1. The molecule has 2 N–H and O–H groups in total. The number of rotatable bonds is 6. The average Bonchev–Trinajstić information content (AvgIpc) is 3.52. The van der Waals surface area contributed by atoms with E-state index in [1.807, 2.05) is 11.4 Å². The summed E-state index contributed by atoms with van der Waals surface area (Å²) in [5, 5.41) is 15.2. The zero-order valence-corrected chi connectivity index (χ0v) is 27.5. The Balaban J connectivity index is 1.13. The maximum atomic E-state index is 13.9. The van der Waals surface area contributed by atoms with E-state index in [1.165, 1.54) is 22.7 Å². The highest BCUT2D eigenvalue weighted by atomic mass is 35.5. The Morgan fingerprint density at radius 3 is 2.34 bits per heavy atom. The van der Waals surface area contributed by atoms with Crippen molar-refractivity contribution in [1.29, 1.82) is 0 Å². The van der Waals surface area contributed by atoms with Crippen LogP contribution in [0.3, 0.4) is 0 Å². The van der Waals surface area contributed by atoms with Crippen molar-refractivity contribution < 1.29 is 37.4 Å². The summed E-state index contributed by atoms with van der Waals surface area (Å²) in [6.45, 7) is 4.04. The summed E-state index contributed by atoms with van der Waals surface area (Å²) < 4.78 is 46.8. The molecule has 4 aliphatic heterocycles. The molecule has 6 rings (SSSR count). The molecule has 5 heterocycles. The Bertz CT molecular complexity index is 1470. The quantitative estimate of drug-likeness (QED) is 0.375. The van der Waals surface area contributed by atoms with Crippen LogP contribution in [0.2, 0.25) is 5.02 Å². The van der Waals surface area contributed by atoms with Gasteiger partial charge in [0.25, 0.3) is 5.91 Å². The number of aromatic hydroxyl groups is 1. The molecule has 1 aromatic heterocycles. The number of likely N-dealkylation sites (tertiary alicyclic amines) is 3. The number of fused-ring (bicyclic) bond motifs is 1. The highest BCUT2D eigenvalue weighted by Crippen LogP contribution is 2.41. The van der Waals surface area contributed by atoms with Crippen molar-refractivity contribution in [2.45, 2.75) is 82.3 Å². The maximum Gasteiger partial charge on any atom is 0.420 e. The first-order chi connectivity index (χ1) is 22.5. The predicted octanol–water partition coefficient (Wildman–Crippen LogP) is 6.16. The van der Waals surface area contributed by atoms with Crippen molar-refractivity contribution in [3.63, 3.8) is 0 Å². The van der Waals surface area contributed by atoms with Gasteiger partial charge in [0.05, 0.1) is 17.1 Å². The smallest absolute Gasteiger partial charge is 0.420 e. The zero-order chi connectivity index (χ0) is 33.3. The van der Waals surface area contributed by atoms with Gasteiger partial charge in [0.1, 0.15) is 10.8 Å². The van der Waals surface area contributed by atoms with Gasteiger partial charge in [0.2, 0.25) is 0 Å². The molecule has 4 aliphatic rings. The Hall–Kier alpha value is -3.23.